The van der Waals surface area contributed by atoms with Crippen LogP contribution >= 0.6 is 23.4 Å². The van der Waals surface area contributed by atoms with Crippen LogP contribution in [-0.2, 0) is 9.53 Å². The van der Waals surface area contributed by atoms with E-state index in [1.807, 2.05) is 0 Å². The molecule has 1 heterocycles. The van der Waals surface area contributed by atoms with E-state index in [0.29, 0.717) is 41.3 Å². The molecule has 0 spiro atoms. The number of amides is 1. The summed E-state index contributed by atoms with van der Waals surface area (Å²) in [6.45, 7) is 2.78. The van der Waals surface area contributed by atoms with Gasteiger partial charge in [-0.1, -0.05) is 35.5 Å². The number of rotatable bonds is 8. The first-order valence-electron chi connectivity index (χ1n) is 9.33. The fraction of sp³-hybridized carbons (Fsp3) is 0.286. The molecule has 0 bridgehead atoms. The molecule has 158 valence electrons. The van der Waals surface area contributed by atoms with Gasteiger partial charge in [0, 0.05) is 20.3 Å². The third kappa shape index (κ3) is 5.00. The fourth-order valence-corrected chi connectivity index (χ4v) is 3.95. The number of fused-ring (bicyclic) bond motifs is 1. The van der Waals surface area contributed by atoms with Crippen molar-refractivity contribution in [3.05, 3.63) is 63.7 Å². The van der Waals surface area contributed by atoms with E-state index in [1.54, 1.807) is 38.3 Å². The summed E-state index contributed by atoms with van der Waals surface area (Å²) in [4.78, 5) is 30.2. The zero-order valence-corrected chi connectivity index (χ0v) is 18.1. The largest absolute Gasteiger partial charge is 0.385 e. The van der Waals surface area contributed by atoms with E-state index in [-0.39, 0.29) is 16.5 Å². The molecule has 1 unspecified atom stereocenters. The number of ether oxygens (including phenoxy) is 1. The van der Waals surface area contributed by atoms with Gasteiger partial charge in [-0.2, -0.15) is 0 Å². The van der Waals surface area contributed by atoms with Crippen molar-refractivity contribution in [1.29, 1.82) is 0 Å². The Hall–Kier alpha value is -2.42. The molecule has 9 heteroatoms. The Bertz CT molecular complexity index is 1120. The summed E-state index contributed by atoms with van der Waals surface area (Å²) in [5, 5.41) is 2.96. The number of aromatic nitrogens is 2. The predicted molar refractivity (Wildman–Crippen MR) is 117 cm³/mol. The highest BCUT2D eigenvalue weighted by Gasteiger charge is 2.20. The number of halogens is 2. The van der Waals surface area contributed by atoms with Crippen molar-refractivity contribution in [3.8, 4) is 5.69 Å². The second-order valence-electron chi connectivity index (χ2n) is 6.55. The van der Waals surface area contributed by atoms with E-state index in [0.717, 1.165) is 11.8 Å². The molecule has 0 aliphatic heterocycles. The van der Waals surface area contributed by atoms with Crippen LogP contribution in [0.3, 0.4) is 0 Å². The van der Waals surface area contributed by atoms with E-state index in [1.165, 1.54) is 22.8 Å². The smallest absolute Gasteiger partial charge is 0.266 e. The minimum atomic E-state index is -0.583. The van der Waals surface area contributed by atoms with Gasteiger partial charge in [-0.25, -0.2) is 9.37 Å². The fourth-order valence-electron chi connectivity index (χ4n) is 2.83. The summed E-state index contributed by atoms with van der Waals surface area (Å²) < 4.78 is 20.0. The average Bonchev–Trinajstić information content (AvgIpc) is 2.73. The van der Waals surface area contributed by atoms with E-state index in [4.69, 9.17) is 16.3 Å². The molecule has 6 nitrogen and oxygen atoms in total. The van der Waals surface area contributed by atoms with Gasteiger partial charge < -0.3 is 10.1 Å². The second-order valence-corrected chi connectivity index (χ2v) is 8.26. The lowest BCUT2D eigenvalue weighted by molar-refractivity contribution is -0.120. The first-order chi connectivity index (χ1) is 14.4. The van der Waals surface area contributed by atoms with Gasteiger partial charge in [0.05, 0.1) is 26.9 Å². The second kappa shape index (κ2) is 10.1. The van der Waals surface area contributed by atoms with Crippen LogP contribution in [-0.4, -0.2) is 41.0 Å². The van der Waals surface area contributed by atoms with Gasteiger partial charge in [-0.3, -0.25) is 14.2 Å². The first kappa shape index (κ1) is 22.3. The van der Waals surface area contributed by atoms with E-state index >= 15 is 0 Å². The quantitative estimate of drug-likeness (QED) is 0.321. The molecule has 1 N–H and O–H groups in total. The third-order valence-electron chi connectivity index (χ3n) is 4.38. The van der Waals surface area contributed by atoms with Crippen molar-refractivity contribution in [1.82, 2.24) is 14.9 Å². The van der Waals surface area contributed by atoms with Gasteiger partial charge in [0.2, 0.25) is 5.91 Å². The van der Waals surface area contributed by atoms with E-state index < -0.39 is 11.1 Å². The molecule has 0 fully saturated rings. The maximum absolute atomic E-state index is 13.7. The van der Waals surface area contributed by atoms with Crippen molar-refractivity contribution in [2.75, 3.05) is 20.3 Å². The van der Waals surface area contributed by atoms with E-state index in [9.17, 15) is 14.0 Å². The number of benzene rings is 2. The van der Waals surface area contributed by atoms with Gasteiger partial charge in [0.15, 0.2) is 5.16 Å². The molecular formula is C21H21ClFN3O3S. The molecule has 3 aromatic rings. The molecule has 1 amide bonds. The number of nitrogens with zero attached hydrogens (tertiary/aromatic N) is 2. The first-order valence-corrected chi connectivity index (χ1v) is 10.6. The van der Waals surface area contributed by atoms with Crippen LogP contribution in [0.5, 0.6) is 0 Å². The Labute approximate surface area is 182 Å². The summed E-state index contributed by atoms with van der Waals surface area (Å²) in [6.07, 6.45) is 0.701. The van der Waals surface area contributed by atoms with Crippen molar-refractivity contribution in [2.24, 2.45) is 0 Å². The van der Waals surface area contributed by atoms with Gasteiger partial charge in [0.25, 0.3) is 5.56 Å². The normalized spacial score (nSPS) is 12.1. The van der Waals surface area contributed by atoms with Crippen molar-refractivity contribution in [2.45, 2.75) is 23.8 Å². The molecule has 1 atom stereocenters. The lowest BCUT2D eigenvalue weighted by Gasteiger charge is -2.16. The molecule has 2 aromatic carbocycles. The Morgan fingerprint density at radius 2 is 2.10 bits per heavy atom. The maximum atomic E-state index is 13.7. The van der Waals surface area contributed by atoms with Crippen LogP contribution in [0, 0.1) is 5.82 Å². The molecule has 30 heavy (non-hydrogen) atoms. The van der Waals surface area contributed by atoms with Gasteiger partial charge in [-0.05, 0) is 43.7 Å². The lowest BCUT2D eigenvalue weighted by atomic mass is 10.2. The van der Waals surface area contributed by atoms with Gasteiger partial charge >= 0.3 is 0 Å². The number of nitrogens with one attached hydrogen (secondary N) is 1. The number of carbonyl (C=O) groups excluding carboxylic acids is 1. The minimum Gasteiger partial charge on any atom is -0.385 e. The number of hydrogen-bond donors (Lipinski definition) is 1. The molecular weight excluding hydrogens is 429 g/mol. The Morgan fingerprint density at radius 3 is 2.83 bits per heavy atom. The number of methoxy groups -OCH3 is 1. The monoisotopic (exact) mass is 449 g/mol. The molecule has 0 saturated carbocycles. The Balaban J connectivity index is 1.99. The SMILES string of the molecule is COCCCNC(=O)C(C)Sc1nc2ccccc2c(=O)n1-c1ccc(F)c(Cl)c1. The van der Waals surface area contributed by atoms with E-state index in [2.05, 4.69) is 10.3 Å². The average molecular weight is 450 g/mol. The minimum absolute atomic E-state index is 0.104. The van der Waals surface area contributed by atoms with Crippen molar-refractivity contribution in [3.63, 3.8) is 0 Å². The van der Waals surface area contributed by atoms with Crippen LogP contribution in [0.1, 0.15) is 13.3 Å². The zero-order valence-electron chi connectivity index (χ0n) is 16.5. The highest BCUT2D eigenvalue weighted by Crippen LogP contribution is 2.27. The van der Waals surface area contributed by atoms with Crippen LogP contribution in [0.15, 0.2) is 52.4 Å². The number of hydrogen-bond acceptors (Lipinski definition) is 5. The molecule has 0 saturated heterocycles. The summed E-state index contributed by atoms with van der Waals surface area (Å²) >= 11 is 7.08. The molecule has 0 aliphatic rings. The maximum Gasteiger partial charge on any atom is 0.266 e. The van der Waals surface area contributed by atoms with Gasteiger partial charge in [-0.15, -0.1) is 0 Å². The Morgan fingerprint density at radius 1 is 1.33 bits per heavy atom. The molecule has 3 rings (SSSR count). The van der Waals surface area contributed by atoms with Crippen molar-refractivity contribution >= 4 is 40.2 Å². The summed E-state index contributed by atoms with van der Waals surface area (Å²) in [6, 6.07) is 11.0. The summed E-state index contributed by atoms with van der Waals surface area (Å²) in [5.74, 6) is -0.762. The third-order valence-corrected chi connectivity index (χ3v) is 5.72. The summed E-state index contributed by atoms with van der Waals surface area (Å²) in [5.41, 5.74) is 0.570. The topological polar surface area (TPSA) is 73.2 Å². The molecule has 0 aliphatic carbocycles. The van der Waals surface area contributed by atoms with Gasteiger partial charge in [0.1, 0.15) is 5.82 Å². The number of carbonyl (C=O) groups is 1. The highest BCUT2D eigenvalue weighted by atomic mass is 35.5. The molecule has 0 radical (unpaired) electrons. The molecule has 1 aromatic heterocycles. The van der Waals surface area contributed by atoms with Crippen LogP contribution in [0.25, 0.3) is 16.6 Å². The van der Waals surface area contributed by atoms with Crippen molar-refractivity contribution < 1.29 is 13.9 Å². The van der Waals surface area contributed by atoms with Crippen LogP contribution in [0.4, 0.5) is 4.39 Å². The highest BCUT2D eigenvalue weighted by molar-refractivity contribution is 8.00. The van der Waals surface area contributed by atoms with Crippen LogP contribution < -0.4 is 10.9 Å². The van der Waals surface area contributed by atoms with Crippen LogP contribution in [0.2, 0.25) is 5.02 Å². The Kier molecular flexibility index (Phi) is 7.47. The number of thioether (sulfide) groups is 1. The lowest BCUT2D eigenvalue weighted by Crippen LogP contribution is -2.33. The zero-order chi connectivity index (χ0) is 21.7. The number of para-hydroxylation sites is 1. The summed E-state index contributed by atoms with van der Waals surface area (Å²) in [7, 11) is 1.60. The standard InChI is InChI=1S/C21H21ClFN3O3S/c1-13(19(27)24-10-5-11-29-2)30-21-25-18-7-4-3-6-15(18)20(28)26(21)14-8-9-17(23)16(22)12-14/h3-4,6-9,12-13H,5,10-11H2,1-2H3,(H,24,27). The predicted octanol–water partition coefficient (Wildman–Crippen LogP) is 3.81.